The maximum Gasteiger partial charge on any atom is 0.333 e. The molecular weight excluding hydrogens is 404 g/mol. The third-order valence-corrected chi connectivity index (χ3v) is 5.67. The van der Waals surface area contributed by atoms with E-state index >= 15 is 0 Å². The van der Waals surface area contributed by atoms with Crippen LogP contribution in [0, 0.1) is 31.1 Å². The Morgan fingerprint density at radius 3 is 2.69 bits per heavy atom. The lowest BCUT2D eigenvalue weighted by Crippen LogP contribution is -2.45. The number of nitrogens with zero attached hydrogens (tertiary/aromatic N) is 5. The molecule has 0 bridgehead atoms. The molecule has 1 aliphatic rings. The summed E-state index contributed by atoms with van der Waals surface area (Å²) in [6, 6.07) is 7.40. The molecule has 3 heterocycles. The Morgan fingerprint density at radius 1 is 1.12 bits per heavy atom. The minimum Gasteiger partial charge on any atom is -0.352 e. The van der Waals surface area contributed by atoms with E-state index in [9.17, 15) is 9.59 Å². The van der Waals surface area contributed by atoms with E-state index in [1.807, 2.05) is 36.9 Å². The minimum atomic E-state index is -0.447. The number of aryl methyl sites for hydroxylation is 2. The number of piperidine rings is 1. The predicted molar refractivity (Wildman–Crippen MR) is 126 cm³/mol. The molecule has 0 amide bonds. The van der Waals surface area contributed by atoms with Gasteiger partial charge in [-0.3, -0.25) is 13.9 Å². The van der Waals surface area contributed by atoms with Crippen LogP contribution < -0.4 is 16.1 Å². The summed E-state index contributed by atoms with van der Waals surface area (Å²) in [5, 5.41) is 8.98. The highest BCUT2D eigenvalue weighted by atomic mass is 16.2. The van der Waals surface area contributed by atoms with Gasteiger partial charge in [-0.05, 0) is 45.7 Å². The molecule has 0 radical (unpaired) electrons. The number of hydrogen-bond donors (Lipinski definition) is 1. The Morgan fingerprint density at radius 2 is 1.94 bits per heavy atom. The van der Waals surface area contributed by atoms with Gasteiger partial charge in [0.2, 0.25) is 0 Å². The van der Waals surface area contributed by atoms with E-state index in [0.29, 0.717) is 30.4 Å². The fraction of sp³-hybridized carbons (Fsp3) is 0.375. The highest BCUT2D eigenvalue weighted by molar-refractivity contribution is 5.87. The maximum atomic E-state index is 13.4. The van der Waals surface area contributed by atoms with E-state index in [2.05, 4.69) is 21.8 Å². The number of nitrogens with one attached hydrogen (secondary N) is 1. The molecule has 2 aromatic heterocycles. The lowest BCUT2D eigenvalue weighted by atomic mass is 10.1. The molecule has 3 aromatic rings. The molecule has 0 spiro atoms. The topological polar surface area (TPSA) is 96.9 Å². The summed E-state index contributed by atoms with van der Waals surface area (Å²) in [6.07, 6.45) is 1.56. The Bertz CT molecular complexity index is 1390. The monoisotopic (exact) mass is 430 g/mol. The second kappa shape index (κ2) is 8.79. The summed E-state index contributed by atoms with van der Waals surface area (Å²) >= 11 is 0. The lowest BCUT2D eigenvalue weighted by Gasteiger charge is -2.31. The summed E-state index contributed by atoms with van der Waals surface area (Å²) in [6.45, 7) is 6.89. The average Bonchev–Trinajstić information content (AvgIpc) is 2.76. The summed E-state index contributed by atoms with van der Waals surface area (Å²) in [4.78, 5) is 37.4. The van der Waals surface area contributed by atoms with Crippen molar-refractivity contribution in [2.45, 2.75) is 46.7 Å². The van der Waals surface area contributed by atoms with E-state index in [1.54, 1.807) is 6.92 Å². The first-order chi connectivity index (χ1) is 15.4. The first kappa shape index (κ1) is 21.5. The van der Waals surface area contributed by atoms with Gasteiger partial charge in [-0.1, -0.05) is 17.6 Å². The van der Waals surface area contributed by atoms with Crippen molar-refractivity contribution in [3.05, 3.63) is 62.2 Å². The van der Waals surface area contributed by atoms with Crippen LogP contribution in [-0.4, -0.2) is 37.9 Å². The fourth-order valence-corrected chi connectivity index (χ4v) is 4.05. The van der Waals surface area contributed by atoms with Crippen LogP contribution in [0.25, 0.3) is 10.9 Å². The van der Waals surface area contributed by atoms with Crippen LogP contribution in [0.5, 0.6) is 0 Å². The first-order valence-electron chi connectivity index (χ1n) is 10.7. The smallest absolute Gasteiger partial charge is 0.333 e. The quantitative estimate of drug-likeness (QED) is 0.641. The number of hydrogen-bond acceptors (Lipinski definition) is 6. The molecule has 8 heteroatoms. The number of anilines is 1. The van der Waals surface area contributed by atoms with Crippen LogP contribution in [-0.2, 0) is 13.1 Å². The van der Waals surface area contributed by atoms with Crippen LogP contribution in [0.3, 0.4) is 0 Å². The van der Waals surface area contributed by atoms with Gasteiger partial charge in [0.05, 0.1) is 25.2 Å². The molecule has 4 rings (SSSR count). The molecule has 0 unspecified atom stereocenters. The molecule has 0 aliphatic carbocycles. The number of benzene rings is 1. The Balaban J connectivity index is 1.79. The summed E-state index contributed by atoms with van der Waals surface area (Å²) in [7, 11) is 0. The van der Waals surface area contributed by atoms with Gasteiger partial charge >= 0.3 is 5.69 Å². The normalized spacial score (nSPS) is 13.8. The van der Waals surface area contributed by atoms with Gasteiger partial charge in [0.25, 0.3) is 5.56 Å². The SMILES string of the molecule is CC#CCn1c(N2CCCC(=N)C2)cc(=O)n(Cc2nc(C)c3cc(C)ccc3n2)c1=O. The van der Waals surface area contributed by atoms with Crippen molar-refractivity contribution in [1.82, 2.24) is 19.1 Å². The van der Waals surface area contributed by atoms with Crippen molar-refractivity contribution in [2.75, 3.05) is 18.0 Å². The van der Waals surface area contributed by atoms with Crippen LogP contribution in [0.1, 0.15) is 36.8 Å². The van der Waals surface area contributed by atoms with E-state index in [-0.39, 0.29) is 13.1 Å². The molecule has 0 saturated carbocycles. The molecule has 1 aromatic carbocycles. The van der Waals surface area contributed by atoms with Gasteiger partial charge in [-0.2, -0.15) is 0 Å². The highest BCUT2D eigenvalue weighted by Crippen LogP contribution is 2.18. The molecule has 0 atom stereocenters. The zero-order chi connectivity index (χ0) is 22.8. The van der Waals surface area contributed by atoms with Crippen LogP contribution in [0.15, 0.2) is 33.9 Å². The minimum absolute atomic E-state index is 0.0159. The van der Waals surface area contributed by atoms with Gasteiger partial charge in [0, 0.05) is 29.4 Å². The fourth-order valence-electron chi connectivity index (χ4n) is 4.05. The van der Waals surface area contributed by atoms with Crippen molar-refractivity contribution in [3.63, 3.8) is 0 Å². The highest BCUT2D eigenvalue weighted by Gasteiger charge is 2.21. The van der Waals surface area contributed by atoms with Gasteiger partial charge in [0.1, 0.15) is 11.6 Å². The van der Waals surface area contributed by atoms with Gasteiger partial charge < -0.3 is 10.3 Å². The molecule has 8 nitrogen and oxygen atoms in total. The molecule has 1 aliphatic heterocycles. The molecule has 1 saturated heterocycles. The Labute approximate surface area is 186 Å². The second-order valence-corrected chi connectivity index (χ2v) is 8.10. The summed E-state index contributed by atoms with van der Waals surface area (Å²) in [5.41, 5.74) is 2.45. The molecule has 32 heavy (non-hydrogen) atoms. The maximum absolute atomic E-state index is 13.4. The van der Waals surface area contributed by atoms with E-state index in [1.165, 1.54) is 10.6 Å². The van der Waals surface area contributed by atoms with Crippen LogP contribution >= 0.6 is 0 Å². The van der Waals surface area contributed by atoms with E-state index < -0.39 is 11.2 Å². The van der Waals surface area contributed by atoms with Crippen molar-refractivity contribution in [1.29, 1.82) is 5.41 Å². The summed E-state index contributed by atoms with van der Waals surface area (Å²) in [5.74, 6) is 6.67. The number of fused-ring (bicyclic) bond motifs is 1. The Kier molecular flexibility index (Phi) is 5.91. The van der Waals surface area contributed by atoms with Gasteiger partial charge in [0.15, 0.2) is 0 Å². The van der Waals surface area contributed by atoms with Crippen molar-refractivity contribution in [3.8, 4) is 11.8 Å². The van der Waals surface area contributed by atoms with Crippen molar-refractivity contribution >= 4 is 22.4 Å². The lowest BCUT2D eigenvalue weighted by molar-refractivity contribution is 0.593. The van der Waals surface area contributed by atoms with Crippen LogP contribution in [0.2, 0.25) is 0 Å². The van der Waals surface area contributed by atoms with Crippen LogP contribution in [0.4, 0.5) is 5.82 Å². The standard InChI is InChI=1S/C24H26N6O2/c1-4-5-11-29-22(28-10-6-7-18(25)14-28)13-23(31)30(24(29)32)15-21-26-17(3)19-12-16(2)8-9-20(19)27-21/h8-9,12-13,25H,6-7,10-11,14-15H2,1-3H3. The molecule has 1 fully saturated rings. The van der Waals surface area contributed by atoms with Gasteiger partial charge in [-0.15, -0.1) is 5.92 Å². The van der Waals surface area contributed by atoms with Crippen molar-refractivity contribution < 1.29 is 0 Å². The number of aromatic nitrogens is 4. The number of rotatable bonds is 4. The van der Waals surface area contributed by atoms with E-state index in [4.69, 9.17) is 5.41 Å². The zero-order valence-electron chi connectivity index (χ0n) is 18.6. The third kappa shape index (κ3) is 4.19. The van der Waals surface area contributed by atoms with Gasteiger partial charge in [-0.25, -0.2) is 14.8 Å². The summed E-state index contributed by atoms with van der Waals surface area (Å²) < 4.78 is 2.67. The molecular formula is C24H26N6O2. The zero-order valence-corrected chi connectivity index (χ0v) is 18.6. The van der Waals surface area contributed by atoms with E-state index in [0.717, 1.165) is 39.6 Å². The second-order valence-electron chi connectivity index (χ2n) is 8.10. The predicted octanol–water partition coefficient (Wildman–Crippen LogP) is 2.26. The van der Waals surface area contributed by atoms with Crippen molar-refractivity contribution in [2.24, 2.45) is 0 Å². The third-order valence-electron chi connectivity index (χ3n) is 5.67. The average molecular weight is 431 g/mol. The first-order valence-corrected chi connectivity index (χ1v) is 10.7. The molecule has 1 N–H and O–H groups in total. The molecule has 164 valence electrons. The largest absolute Gasteiger partial charge is 0.352 e. The Hall–Kier alpha value is -3.73.